The van der Waals surface area contributed by atoms with E-state index in [1.165, 1.54) is 19.3 Å². The third kappa shape index (κ3) is 2.51. The molecule has 2 fully saturated rings. The van der Waals surface area contributed by atoms with Gasteiger partial charge >= 0.3 is 0 Å². The first-order chi connectivity index (χ1) is 7.21. The first-order valence-electron chi connectivity index (χ1n) is 6.16. The van der Waals surface area contributed by atoms with E-state index in [0.717, 1.165) is 32.3 Å². The van der Waals surface area contributed by atoms with Crippen LogP contribution >= 0.6 is 0 Å². The molecule has 1 heterocycles. The van der Waals surface area contributed by atoms with Crippen molar-refractivity contribution in [3.05, 3.63) is 0 Å². The van der Waals surface area contributed by atoms with Crippen LogP contribution in [0.4, 0.5) is 0 Å². The van der Waals surface area contributed by atoms with Crippen LogP contribution in [0.3, 0.4) is 0 Å². The Balaban J connectivity index is 1.85. The average molecular weight is 211 g/mol. The molecule has 1 N–H and O–H groups in total. The summed E-state index contributed by atoms with van der Waals surface area (Å²) in [6.45, 7) is 2.65. The predicted octanol–water partition coefficient (Wildman–Crippen LogP) is 2.00. The van der Waals surface area contributed by atoms with E-state index in [-0.39, 0.29) is 5.91 Å². The SMILES string of the molecule is CC1(C(=O)NC2CCCCC2)CCCO1. The molecule has 2 rings (SSSR count). The topological polar surface area (TPSA) is 38.3 Å². The van der Waals surface area contributed by atoms with Crippen molar-refractivity contribution in [1.29, 1.82) is 0 Å². The Morgan fingerprint density at radius 2 is 2.00 bits per heavy atom. The third-order valence-electron chi connectivity index (χ3n) is 3.64. The van der Waals surface area contributed by atoms with Crippen molar-refractivity contribution in [3.63, 3.8) is 0 Å². The summed E-state index contributed by atoms with van der Waals surface area (Å²) in [6.07, 6.45) is 7.98. The Morgan fingerprint density at radius 1 is 1.27 bits per heavy atom. The molecule has 1 saturated heterocycles. The number of carbonyl (C=O) groups is 1. The van der Waals surface area contributed by atoms with Crippen LogP contribution in [-0.4, -0.2) is 24.2 Å². The number of rotatable bonds is 2. The van der Waals surface area contributed by atoms with Gasteiger partial charge in [-0.05, 0) is 32.6 Å². The zero-order valence-electron chi connectivity index (χ0n) is 9.55. The van der Waals surface area contributed by atoms with Gasteiger partial charge in [0.25, 0.3) is 5.91 Å². The van der Waals surface area contributed by atoms with E-state index in [1.807, 2.05) is 6.92 Å². The van der Waals surface area contributed by atoms with E-state index < -0.39 is 5.60 Å². The van der Waals surface area contributed by atoms with Gasteiger partial charge in [-0.25, -0.2) is 0 Å². The summed E-state index contributed by atoms with van der Waals surface area (Å²) in [7, 11) is 0. The predicted molar refractivity (Wildman–Crippen MR) is 58.6 cm³/mol. The number of carbonyl (C=O) groups excluding carboxylic acids is 1. The van der Waals surface area contributed by atoms with Crippen molar-refractivity contribution < 1.29 is 9.53 Å². The van der Waals surface area contributed by atoms with Gasteiger partial charge in [0.2, 0.25) is 0 Å². The highest BCUT2D eigenvalue weighted by molar-refractivity contribution is 5.85. The first-order valence-corrected chi connectivity index (χ1v) is 6.16. The number of hydrogen-bond donors (Lipinski definition) is 1. The maximum Gasteiger partial charge on any atom is 0.252 e. The van der Waals surface area contributed by atoms with Gasteiger partial charge in [0.1, 0.15) is 5.60 Å². The lowest BCUT2D eigenvalue weighted by Gasteiger charge is -2.28. The summed E-state index contributed by atoms with van der Waals surface area (Å²) < 4.78 is 5.53. The van der Waals surface area contributed by atoms with Gasteiger partial charge in [-0.15, -0.1) is 0 Å². The van der Waals surface area contributed by atoms with Crippen molar-refractivity contribution in [1.82, 2.24) is 5.32 Å². The van der Waals surface area contributed by atoms with Crippen LogP contribution in [0.15, 0.2) is 0 Å². The second kappa shape index (κ2) is 4.52. The molecule has 1 atom stereocenters. The number of hydrogen-bond acceptors (Lipinski definition) is 2. The molecule has 3 heteroatoms. The van der Waals surface area contributed by atoms with Gasteiger partial charge < -0.3 is 10.1 Å². The summed E-state index contributed by atoms with van der Waals surface area (Å²) in [5.74, 6) is 0.104. The second-order valence-electron chi connectivity index (χ2n) is 4.99. The smallest absolute Gasteiger partial charge is 0.252 e. The molecule has 1 aliphatic carbocycles. The average Bonchev–Trinajstić information content (AvgIpc) is 2.68. The lowest BCUT2D eigenvalue weighted by molar-refractivity contribution is -0.140. The third-order valence-corrected chi connectivity index (χ3v) is 3.64. The minimum Gasteiger partial charge on any atom is -0.365 e. The quantitative estimate of drug-likeness (QED) is 0.758. The van der Waals surface area contributed by atoms with Crippen LogP contribution in [0.2, 0.25) is 0 Å². The van der Waals surface area contributed by atoms with E-state index in [9.17, 15) is 4.79 Å². The van der Waals surface area contributed by atoms with Gasteiger partial charge in [0.05, 0.1) is 0 Å². The normalized spacial score (nSPS) is 32.9. The Morgan fingerprint density at radius 3 is 2.60 bits per heavy atom. The molecule has 15 heavy (non-hydrogen) atoms. The van der Waals surface area contributed by atoms with Crippen molar-refractivity contribution in [3.8, 4) is 0 Å². The Kier molecular flexibility index (Phi) is 3.29. The molecule has 0 aromatic heterocycles. The number of nitrogens with one attached hydrogen (secondary N) is 1. The van der Waals surface area contributed by atoms with E-state index in [4.69, 9.17) is 4.74 Å². The Hall–Kier alpha value is -0.570. The molecule has 1 amide bonds. The number of amides is 1. The molecule has 0 spiro atoms. The summed E-state index contributed by atoms with van der Waals surface area (Å²) in [5, 5.41) is 3.14. The van der Waals surface area contributed by atoms with Crippen LogP contribution in [0.25, 0.3) is 0 Å². The molecule has 1 aliphatic heterocycles. The summed E-state index contributed by atoms with van der Waals surface area (Å²) in [6, 6.07) is 0.396. The molecule has 0 aromatic rings. The molecule has 86 valence electrons. The largest absolute Gasteiger partial charge is 0.365 e. The van der Waals surface area contributed by atoms with Gasteiger partial charge in [-0.3, -0.25) is 4.79 Å². The molecular formula is C12H21NO2. The fourth-order valence-electron chi connectivity index (χ4n) is 2.54. The summed E-state index contributed by atoms with van der Waals surface area (Å²) in [4.78, 5) is 12.0. The molecule has 0 bridgehead atoms. The van der Waals surface area contributed by atoms with Crippen LogP contribution in [0.5, 0.6) is 0 Å². The fourth-order valence-corrected chi connectivity index (χ4v) is 2.54. The minimum absolute atomic E-state index is 0.104. The number of ether oxygens (including phenoxy) is 1. The van der Waals surface area contributed by atoms with E-state index >= 15 is 0 Å². The highest BCUT2D eigenvalue weighted by Gasteiger charge is 2.38. The van der Waals surface area contributed by atoms with Crippen LogP contribution in [0, 0.1) is 0 Å². The Bertz CT molecular complexity index is 228. The van der Waals surface area contributed by atoms with Gasteiger partial charge in [-0.2, -0.15) is 0 Å². The van der Waals surface area contributed by atoms with Crippen molar-refractivity contribution >= 4 is 5.91 Å². The fraction of sp³-hybridized carbons (Fsp3) is 0.917. The van der Waals surface area contributed by atoms with Crippen molar-refractivity contribution in [2.75, 3.05) is 6.61 Å². The second-order valence-corrected chi connectivity index (χ2v) is 4.99. The van der Waals surface area contributed by atoms with Gasteiger partial charge in [0.15, 0.2) is 0 Å². The monoisotopic (exact) mass is 211 g/mol. The highest BCUT2D eigenvalue weighted by atomic mass is 16.5. The molecule has 0 radical (unpaired) electrons. The zero-order chi connectivity index (χ0) is 10.7. The van der Waals surface area contributed by atoms with Gasteiger partial charge in [0, 0.05) is 12.6 Å². The molecule has 1 unspecified atom stereocenters. The van der Waals surface area contributed by atoms with E-state index in [2.05, 4.69) is 5.32 Å². The standard InChI is InChI=1S/C12H21NO2/c1-12(8-5-9-15-12)11(14)13-10-6-3-2-4-7-10/h10H,2-9H2,1H3,(H,13,14). The zero-order valence-corrected chi connectivity index (χ0v) is 9.55. The van der Waals surface area contributed by atoms with Crippen molar-refractivity contribution in [2.45, 2.75) is 63.5 Å². The maximum atomic E-state index is 12.0. The molecule has 0 aromatic carbocycles. The minimum atomic E-state index is -0.544. The molecule has 3 nitrogen and oxygen atoms in total. The molecule has 2 aliphatic rings. The Labute approximate surface area is 91.6 Å². The van der Waals surface area contributed by atoms with Gasteiger partial charge in [-0.1, -0.05) is 19.3 Å². The van der Waals surface area contributed by atoms with E-state index in [0.29, 0.717) is 6.04 Å². The lowest BCUT2D eigenvalue weighted by Crippen LogP contribution is -2.48. The maximum absolute atomic E-state index is 12.0. The highest BCUT2D eigenvalue weighted by Crippen LogP contribution is 2.26. The first kappa shape index (κ1) is 10.9. The molecular weight excluding hydrogens is 190 g/mol. The van der Waals surface area contributed by atoms with Crippen LogP contribution in [-0.2, 0) is 9.53 Å². The van der Waals surface area contributed by atoms with Crippen molar-refractivity contribution in [2.24, 2.45) is 0 Å². The lowest BCUT2D eigenvalue weighted by atomic mass is 9.94. The van der Waals surface area contributed by atoms with Crippen LogP contribution in [0.1, 0.15) is 51.9 Å². The van der Waals surface area contributed by atoms with E-state index in [1.54, 1.807) is 0 Å². The summed E-state index contributed by atoms with van der Waals surface area (Å²) >= 11 is 0. The van der Waals surface area contributed by atoms with Crippen LogP contribution < -0.4 is 5.32 Å². The summed E-state index contributed by atoms with van der Waals surface area (Å²) in [5.41, 5.74) is -0.544. The molecule has 1 saturated carbocycles.